The standard InChI is InChI=1S/C15H30O5S/c1-5-12-21(17,18)13-6-8-19-10-11-20-9-7-14(16)15(2,3)4/h5-13H2,1-4H3. The van der Waals surface area contributed by atoms with Gasteiger partial charge in [-0.05, 0) is 12.8 Å². The summed E-state index contributed by atoms with van der Waals surface area (Å²) < 4.78 is 33.5. The Bertz CT molecular complexity index is 381. The molecule has 0 N–H and O–H groups in total. The zero-order valence-corrected chi connectivity index (χ0v) is 14.6. The lowest BCUT2D eigenvalue weighted by Gasteiger charge is -2.16. The molecule has 0 heterocycles. The van der Waals surface area contributed by atoms with Gasteiger partial charge in [0, 0.05) is 24.2 Å². The summed E-state index contributed by atoms with van der Waals surface area (Å²) in [7, 11) is -2.91. The topological polar surface area (TPSA) is 69.7 Å². The molecule has 0 saturated heterocycles. The molecule has 0 aliphatic carbocycles. The zero-order valence-electron chi connectivity index (χ0n) is 13.8. The Kier molecular flexibility index (Phi) is 10.1. The highest BCUT2D eigenvalue weighted by atomic mass is 32.2. The maximum absolute atomic E-state index is 11.6. The number of ketones is 1. The second kappa shape index (κ2) is 10.3. The van der Waals surface area contributed by atoms with Gasteiger partial charge < -0.3 is 9.47 Å². The molecular weight excluding hydrogens is 292 g/mol. The van der Waals surface area contributed by atoms with E-state index in [0.29, 0.717) is 45.7 Å². The lowest BCUT2D eigenvalue weighted by molar-refractivity contribution is -0.127. The van der Waals surface area contributed by atoms with Crippen molar-refractivity contribution < 1.29 is 22.7 Å². The minimum absolute atomic E-state index is 0.182. The van der Waals surface area contributed by atoms with Gasteiger partial charge >= 0.3 is 0 Å². The van der Waals surface area contributed by atoms with Gasteiger partial charge in [0.1, 0.15) is 15.6 Å². The molecule has 6 heteroatoms. The fourth-order valence-corrected chi connectivity index (χ4v) is 3.04. The Hall–Kier alpha value is -0.460. The molecule has 0 rings (SSSR count). The second-order valence-corrected chi connectivity index (χ2v) is 8.46. The maximum Gasteiger partial charge on any atom is 0.150 e. The van der Waals surface area contributed by atoms with Crippen molar-refractivity contribution in [2.24, 2.45) is 5.41 Å². The van der Waals surface area contributed by atoms with Crippen LogP contribution in [-0.4, -0.2) is 52.1 Å². The number of carbonyl (C=O) groups is 1. The van der Waals surface area contributed by atoms with Gasteiger partial charge in [-0.25, -0.2) is 8.42 Å². The molecule has 0 aromatic carbocycles. The molecule has 126 valence electrons. The fraction of sp³-hybridized carbons (Fsp3) is 0.933. The number of ether oxygens (including phenoxy) is 2. The van der Waals surface area contributed by atoms with Gasteiger partial charge in [0.2, 0.25) is 0 Å². The van der Waals surface area contributed by atoms with Crippen LogP contribution in [0.1, 0.15) is 47.0 Å². The van der Waals surface area contributed by atoms with E-state index in [0.717, 1.165) is 0 Å². The van der Waals surface area contributed by atoms with Crippen molar-refractivity contribution in [3.05, 3.63) is 0 Å². The van der Waals surface area contributed by atoms with Crippen molar-refractivity contribution in [1.82, 2.24) is 0 Å². The molecule has 0 aliphatic rings. The van der Waals surface area contributed by atoms with E-state index in [4.69, 9.17) is 9.47 Å². The Balaban J connectivity index is 3.44. The van der Waals surface area contributed by atoms with Crippen LogP contribution in [0.25, 0.3) is 0 Å². The summed E-state index contributed by atoms with van der Waals surface area (Å²) in [5.41, 5.74) is -0.316. The molecule has 21 heavy (non-hydrogen) atoms. The molecule has 0 aromatic rings. The van der Waals surface area contributed by atoms with Crippen molar-refractivity contribution in [1.29, 1.82) is 0 Å². The van der Waals surface area contributed by atoms with Gasteiger partial charge in [-0.1, -0.05) is 27.7 Å². The summed E-state index contributed by atoms with van der Waals surface area (Å²) in [5, 5.41) is 0. The Morgan fingerprint density at radius 3 is 2.05 bits per heavy atom. The molecule has 5 nitrogen and oxygen atoms in total. The van der Waals surface area contributed by atoms with E-state index in [1.54, 1.807) is 0 Å². The van der Waals surface area contributed by atoms with Crippen LogP contribution in [0.2, 0.25) is 0 Å². The number of rotatable bonds is 12. The number of hydrogen-bond donors (Lipinski definition) is 0. The molecule has 0 radical (unpaired) electrons. The summed E-state index contributed by atoms with van der Waals surface area (Å²) >= 11 is 0. The first-order chi connectivity index (χ1) is 9.69. The summed E-state index contributed by atoms with van der Waals surface area (Å²) in [6, 6.07) is 0. The maximum atomic E-state index is 11.6. The highest BCUT2D eigenvalue weighted by Gasteiger charge is 2.20. The normalized spacial score (nSPS) is 12.6. The van der Waals surface area contributed by atoms with Crippen LogP contribution in [0.3, 0.4) is 0 Å². The van der Waals surface area contributed by atoms with E-state index >= 15 is 0 Å². The van der Waals surface area contributed by atoms with Crippen LogP contribution in [0.5, 0.6) is 0 Å². The average molecular weight is 322 g/mol. The predicted octanol–water partition coefficient (Wildman–Crippen LogP) is 2.24. The molecular formula is C15H30O5S. The predicted molar refractivity (Wildman–Crippen MR) is 84.3 cm³/mol. The van der Waals surface area contributed by atoms with Gasteiger partial charge in [0.15, 0.2) is 0 Å². The number of hydrogen-bond acceptors (Lipinski definition) is 5. The summed E-state index contributed by atoms with van der Waals surface area (Å²) in [5.74, 6) is 0.615. The summed E-state index contributed by atoms with van der Waals surface area (Å²) in [4.78, 5) is 11.6. The monoisotopic (exact) mass is 322 g/mol. The lowest BCUT2D eigenvalue weighted by Crippen LogP contribution is -2.21. The molecule has 0 spiro atoms. The van der Waals surface area contributed by atoms with E-state index < -0.39 is 9.84 Å². The first-order valence-electron chi connectivity index (χ1n) is 7.58. The molecule has 0 aromatic heterocycles. The molecule has 0 fully saturated rings. The summed E-state index contributed by atoms with van der Waals surface area (Å²) in [6.45, 7) is 9.23. The molecule has 0 unspecified atom stereocenters. The van der Waals surface area contributed by atoms with Crippen molar-refractivity contribution in [3.8, 4) is 0 Å². The number of carbonyl (C=O) groups excluding carboxylic acids is 1. The van der Waals surface area contributed by atoms with Crippen molar-refractivity contribution in [3.63, 3.8) is 0 Å². The van der Waals surface area contributed by atoms with E-state index in [1.807, 2.05) is 27.7 Å². The number of sulfone groups is 1. The van der Waals surface area contributed by atoms with Crippen LogP contribution < -0.4 is 0 Å². The Morgan fingerprint density at radius 1 is 0.952 bits per heavy atom. The Labute approximate surface area is 129 Å². The largest absolute Gasteiger partial charge is 0.379 e. The van der Waals surface area contributed by atoms with Crippen molar-refractivity contribution >= 4 is 15.6 Å². The van der Waals surface area contributed by atoms with Crippen LogP contribution in [-0.2, 0) is 24.1 Å². The molecule has 0 amide bonds. The molecule has 0 saturated carbocycles. The van der Waals surface area contributed by atoms with E-state index in [9.17, 15) is 13.2 Å². The Morgan fingerprint density at radius 2 is 1.52 bits per heavy atom. The van der Waals surface area contributed by atoms with Crippen LogP contribution in [0.4, 0.5) is 0 Å². The minimum atomic E-state index is -2.91. The van der Waals surface area contributed by atoms with E-state index in [-0.39, 0.29) is 22.7 Å². The summed E-state index contributed by atoms with van der Waals surface area (Å²) in [6.07, 6.45) is 1.59. The first-order valence-corrected chi connectivity index (χ1v) is 9.40. The third-order valence-electron chi connectivity index (χ3n) is 2.94. The highest BCUT2D eigenvalue weighted by molar-refractivity contribution is 7.91. The van der Waals surface area contributed by atoms with Crippen LogP contribution >= 0.6 is 0 Å². The van der Waals surface area contributed by atoms with Gasteiger partial charge in [-0.3, -0.25) is 4.79 Å². The third kappa shape index (κ3) is 11.8. The quantitative estimate of drug-likeness (QED) is 0.515. The van der Waals surface area contributed by atoms with Gasteiger partial charge in [0.05, 0.1) is 25.6 Å². The smallest absolute Gasteiger partial charge is 0.150 e. The third-order valence-corrected chi connectivity index (χ3v) is 4.88. The molecule has 0 atom stereocenters. The van der Waals surface area contributed by atoms with Crippen LogP contribution in [0.15, 0.2) is 0 Å². The highest BCUT2D eigenvalue weighted by Crippen LogP contribution is 2.16. The number of Topliss-reactive ketones (excluding diaryl/α,β-unsaturated/α-hetero) is 1. The van der Waals surface area contributed by atoms with Gasteiger partial charge in [-0.15, -0.1) is 0 Å². The van der Waals surface area contributed by atoms with E-state index in [1.165, 1.54) is 0 Å². The van der Waals surface area contributed by atoms with Crippen molar-refractivity contribution in [2.75, 3.05) is 37.9 Å². The minimum Gasteiger partial charge on any atom is -0.379 e. The van der Waals surface area contributed by atoms with Crippen molar-refractivity contribution in [2.45, 2.75) is 47.0 Å². The van der Waals surface area contributed by atoms with E-state index in [2.05, 4.69) is 0 Å². The lowest BCUT2D eigenvalue weighted by atomic mass is 9.89. The van der Waals surface area contributed by atoms with Gasteiger partial charge in [-0.2, -0.15) is 0 Å². The zero-order chi connectivity index (χ0) is 16.4. The SMILES string of the molecule is CCCS(=O)(=O)CCCOCCOCCC(=O)C(C)(C)C. The van der Waals surface area contributed by atoms with Gasteiger partial charge in [0.25, 0.3) is 0 Å². The average Bonchev–Trinajstić information content (AvgIpc) is 2.35. The van der Waals surface area contributed by atoms with Crippen LogP contribution in [0, 0.1) is 5.41 Å². The first kappa shape index (κ1) is 20.5. The molecule has 0 bridgehead atoms. The fourth-order valence-electron chi connectivity index (χ4n) is 1.66. The molecule has 0 aliphatic heterocycles. The second-order valence-electron chi connectivity index (χ2n) is 6.15.